The van der Waals surface area contributed by atoms with Crippen LogP contribution < -0.4 is 11.1 Å². The second-order valence-electron chi connectivity index (χ2n) is 5.33. The number of likely N-dealkylation sites (N-methyl/N-ethyl adjacent to an activating group) is 1. The molecule has 120 valence electrons. The Hall–Kier alpha value is -1.83. The van der Waals surface area contributed by atoms with Gasteiger partial charge in [0.15, 0.2) is 0 Å². The van der Waals surface area contributed by atoms with Crippen molar-refractivity contribution in [1.82, 2.24) is 15.1 Å². The third kappa shape index (κ3) is 5.22. The lowest BCUT2D eigenvalue weighted by atomic mass is 10.1. The molecule has 0 spiro atoms. The van der Waals surface area contributed by atoms with Gasteiger partial charge in [-0.25, -0.2) is 9.59 Å². The molecular weight excluding hydrogens is 276 g/mol. The number of nitrogens with two attached hydrogens (primary N) is 1. The standard InChI is InChI=1S/C13H24N4O4/c1-3-9-8-17(7-6-16(9)2)13(21)15-10(12(19)20)4-5-11(14)18/h9-10H,3-8H2,1-2H3,(H2,14,18)(H,15,21)(H,19,20)/t9?,10-/m0/s1. The molecular formula is C13H24N4O4. The molecule has 1 aliphatic heterocycles. The Morgan fingerprint density at radius 2 is 2.05 bits per heavy atom. The number of amides is 3. The van der Waals surface area contributed by atoms with E-state index < -0.39 is 23.9 Å². The molecule has 0 aliphatic carbocycles. The molecule has 1 fully saturated rings. The summed E-state index contributed by atoms with van der Waals surface area (Å²) in [4.78, 5) is 37.8. The normalized spacial score (nSPS) is 20.9. The zero-order valence-electron chi connectivity index (χ0n) is 12.5. The third-order valence-corrected chi connectivity index (χ3v) is 3.81. The molecule has 1 aliphatic rings. The van der Waals surface area contributed by atoms with Crippen LogP contribution in [0.5, 0.6) is 0 Å². The molecule has 0 saturated carbocycles. The first-order valence-electron chi connectivity index (χ1n) is 7.12. The summed E-state index contributed by atoms with van der Waals surface area (Å²) in [5.41, 5.74) is 5.01. The molecule has 21 heavy (non-hydrogen) atoms. The number of carbonyl (C=O) groups excluding carboxylic acids is 2. The monoisotopic (exact) mass is 300 g/mol. The Balaban J connectivity index is 2.56. The highest BCUT2D eigenvalue weighted by atomic mass is 16.4. The largest absolute Gasteiger partial charge is 0.480 e. The van der Waals surface area contributed by atoms with Crippen LogP contribution in [0.15, 0.2) is 0 Å². The Kier molecular flexibility index (Phi) is 6.41. The van der Waals surface area contributed by atoms with E-state index in [0.29, 0.717) is 13.1 Å². The van der Waals surface area contributed by atoms with Crippen LogP contribution in [0.4, 0.5) is 4.79 Å². The van der Waals surface area contributed by atoms with Crippen LogP contribution in [0.2, 0.25) is 0 Å². The van der Waals surface area contributed by atoms with E-state index in [1.54, 1.807) is 4.90 Å². The average molecular weight is 300 g/mol. The first-order valence-corrected chi connectivity index (χ1v) is 7.12. The summed E-state index contributed by atoms with van der Waals surface area (Å²) >= 11 is 0. The van der Waals surface area contributed by atoms with Crippen molar-refractivity contribution in [3.8, 4) is 0 Å². The maximum Gasteiger partial charge on any atom is 0.326 e. The van der Waals surface area contributed by atoms with Gasteiger partial charge in [0.1, 0.15) is 6.04 Å². The van der Waals surface area contributed by atoms with Gasteiger partial charge < -0.3 is 21.1 Å². The summed E-state index contributed by atoms with van der Waals surface area (Å²) in [5, 5.41) is 11.5. The number of carbonyl (C=O) groups is 3. The number of primary amides is 1. The van der Waals surface area contributed by atoms with Crippen molar-refractivity contribution >= 4 is 17.9 Å². The number of carboxylic acid groups (broad SMARTS) is 1. The fourth-order valence-electron chi connectivity index (χ4n) is 2.36. The van der Waals surface area contributed by atoms with Gasteiger partial charge in [0.05, 0.1) is 0 Å². The van der Waals surface area contributed by atoms with E-state index in [1.165, 1.54) is 0 Å². The third-order valence-electron chi connectivity index (χ3n) is 3.81. The summed E-state index contributed by atoms with van der Waals surface area (Å²) in [5.74, 6) is -1.74. The smallest absolute Gasteiger partial charge is 0.326 e. The number of rotatable bonds is 6. The number of hydrogen-bond acceptors (Lipinski definition) is 4. The lowest BCUT2D eigenvalue weighted by Crippen LogP contribution is -2.57. The van der Waals surface area contributed by atoms with E-state index in [9.17, 15) is 14.4 Å². The molecule has 8 nitrogen and oxygen atoms in total. The average Bonchev–Trinajstić information content (AvgIpc) is 2.43. The number of nitrogens with zero attached hydrogens (tertiary/aromatic N) is 2. The van der Waals surface area contributed by atoms with Crippen LogP contribution in [0.1, 0.15) is 26.2 Å². The number of nitrogens with one attached hydrogen (secondary N) is 1. The Bertz CT molecular complexity index is 402. The maximum absolute atomic E-state index is 12.1. The molecule has 2 atom stereocenters. The number of aliphatic carboxylic acids is 1. The lowest BCUT2D eigenvalue weighted by Gasteiger charge is -2.39. The van der Waals surface area contributed by atoms with Crippen LogP contribution in [-0.2, 0) is 9.59 Å². The van der Waals surface area contributed by atoms with Crippen molar-refractivity contribution in [2.45, 2.75) is 38.3 Å². The van der Waals surface area contributed by atoms with E-state index in [4.69, 9.17) is 10.8 Å². The van der Waals surface area contributed by atoms with Crippen LogP contribution >= 0.6 is 0 Å². The SMILES string of the molecule is CCC1CN(C(=O)N[C@@H](CCC(N)=O)C(=O)O)CCN1C. The van der Waals surface area contributed by atoms with Gasteiger partial charge in [-0.15, -0.1) is 0 Å². The van der Waals surface area contributed by atoms with Crippen molar-refractivity contribution < 1.29 is 19.5 Å². The number of hydrogen-bond donors (Lipinski definition) is 3. The highest BCUT2D eigenvalue weighted by Crippen LogP contribution is 2.11. The van der Waals surface area contributed by atoms with Gasteiger partial charge in [0, 0.05) is 32.1 Å². The second kappa shape index (κ2) is 7.82. The quantitative estimate of drug-likeness (QED) is 0.608. The number of urea groups is 1. The number of carboxylic acids is 1. The van der Waals surface area contributed by atoms with Gasteiger partial charge in [-0.2, -0.15) is 0 Å². The Labute approximate surface area is 124 Å². The van der Waals surface area contributed by atoms with E-state index in [1.807, 2.05) is 7.05 Å². The number of piperazine rings is 1. The minimum atomic E-state index is -1.16. The molecule has 1 unspecified atom stereocenters. The summed E-state index contributed by atoms with van der Waals surface area (Å²) in [6.45, 7) is 3.93. The predicted octanol–water partition coefficient (Wildman–Crippen LogP) is -0.559. The van der Waals surface area contributed by atoms with Crippen LogP contribution in [0.25, 0.3) is 0 Å². The molecule has 0 aromatic carbocycles. The first kappa shape index (κ1) is 17.2. The molecule has 4 N–H and O–H groups in total. The highest BCUT2D eigenvalue weighted by molar-refractivity contribution is 5.83. The van der Waals surface area contributed by atoms with Crippen molar-refractivity contribution in [3.05, 3.63) is 0 Å². The summed E-state index contributed by atoms with van der Waals surface area (Å²) in [6, 6.07) is -1.22. The van der Waals surface area contributed by atoms with Gasteiger partial charge in [-0.1, -0.05) is 6.92 Å². The predicted molar refractivity (Wildman–Crippen MR) is 76.7 cm³/mol. The molecule has 1 saturated heterocycles. The first-order chi connectivity index (χ1) is 9.85. The summed E-state index contributed by atoms with van der Waals surface area (Å²) in [7, 11) is 2.01. The van der Waals surface area contributed by atoms with Crippen LogP contribution in [0.3, 0.4) is 0 Å². The van der Waals surface area contributed by atoms with Gasteiger partial charge in [-0.3, -0.25) is 9.69 Å². The summed E-state index contributed by atoms with van der Waals surface area (Å²) in [6.07, 6.45) is 0.850. The van der Waals surface area contributed by atoms with Gasteiger partial charge in [0.2, 0.25) is 5.91 Å². The molecule has 1 heterocycles. The minimum Gasteiger partial charge on any atom is -0.480 e. The fraction of sp³-hybridized carbons (Fsp3) is 0.769. The van der Waals surface area contributed by atoms with Crippen molar-refractivity contribution in [2.24, 2.45) is 5.73 Å². The molecule has 0 radical (unpaired) electrons. The molecule has 0 bridgehead atoms. The zero-order valence-corrected chi connectivity index (χ0v) is 12.5. The lowest BCUT2D eigenvalue weighted by molar-refractivity contribution is -0.139. The van der Waals surface area contributed by atoms with E-state index >= 15 is 0 Å². The second-order valence-corrected chi connectivity index (χ2v) is 5.33. The van der Waals surface area contributed by atoms with Crippen molar-refractivity contribution in [2.75, 3.05) is 26.7 Å². The van der Waals surface area contributed by atoms with E-state index in [0.717, 1.165) is 13.0 Å². The van der Waals surface area contributed by atoms with Gasteiger partial charge in [-0.05, 0) is 19.9 Å². The minimum absolute atomic E-state index is 0.00135. The Morgan fingerprint density at radius 3 is 2.57 bits per heavy atom. The van der Waals surface area contributed by atoms with E-state index in [-0.39, 0.29) is 18.9 Å². The van der Waals surface area contributed by atoms with Crippen LogP contribution in [-0.4, -0.2) is 71.6 Å². The van der Waals surface area contributed by atoms with E-state index in [2.05, 4.69) is 17.1 Å². The van der Waals surface area contributed by atoms with Crippen LogP contribution in [0, 0.1) is 0 Å². The fourth-order valence-corrected chi connectivity index (χ4v) is 2.36. The maximum atomic E-state index is 12.1. The zero-order chi connectivity index (χ0) is 16.0. The molecule has 1 rings (SSSR count). The van der Waals surface area contributed by atoms with Crippen molar-refractivity contribution in [3.63, 3.8) is 0 Å². The van der Waals surface area contributed by atoms with Gasteiger partial charge in [0.25, 0.3) is 0 Å². The topological polar surface area (TPSA) is 116 Å². The van der Waals surface area contributed by atoms with Gasteiger partial charge >= 0.3 is 12.0 Å². The highest BCUT2D eigenvalue weighted by Gasteiger charge is 2.28. The molecule has 0 aromatic rings. The Morgan fingerprint density at radius 1 is 1.38 bits per heavy atom. The summed E-state index contributed by atoms with van der Waals surface area (Å²) < 4.78 is 0. The molecule has 3 amide bonds. The van der Waals surface area contributed by atoms with Crippen molar-refractivity contribution in [1.29, 1.82) is 0 Å². The molecule has 0 aromatic heterocycles. The molecule has 8 heteroatoms.